The number of halogens is 1. The van der Waals surface area contributed by atoms with E-state index in [9.17, 15) is 14.4 Å². The van der Waals surface area contributed by atoms with E-state index >= 15 is 0 Å². The lowest BCUT2D eigenvalue weighted by Crippen LogP contribution is -2.47. The van der Waals surface area contributed by atoms with Crippen LogP contribution in [0, 0.1) is 5.92 Å². The zero-order chi connectivity index (χ0) is 27.7. The molecule has 0 spiro atoms. The molecule has 0 fully saturated rings. The lowest BCUT2D eigenvalue weighted by atomic mass is 10.0. The SMILES string of the molecule is CC(C)C[C@@H]1COc2ccc(Cl)cc2C(=O)NCCCCN(C(=O)CCn2ccnc2C(C)C)CC(=O)N1. The summed E-state index contributed by atoms with van der Waals surface area (Å²) in [4.78, 5) is 45.2. The van der Waals surface area contributed by atoms with Crippen LogP contribution in [0.25, 0.3) is 0 Å². The molecule has 208 valence electrons. The van der Waals surface area contributed by atoms with Gasteiger partial charge in [0.1, 0.15) is 18.2 Å². The summed E-state index contributed by atoms with van der Waals surface area (Å²) in [7, 11) is 0. The molecule has 2 heterocycles. The van der Waals surface area contributed by atoms with E-state index in [-0.39, 0.29) is 49.3 Å². The topological polar surface area (TPSA) is 106 Å². The summed E-state index contributed by atoms with van der Waals surface area (Å²) in [5, 5.41) is 6.41. The molecule has 9 nitrogen and oxygen atoms in total. The fourth-order valence-corrected chi connectivity index (χ4v) is 4.75. The highest BCUT2D eigenvalue weighted by atomic mass is 35.5. The quantitative estimate of drug-likeness (QED) is 0.570. The fourth-order valence-electron chi connectivity index (χ4n) is 4.58. The maximum absolute atomic E-state index is 13.2. The molecule has 0 saturated carbocycles. The van der Waals surface area contributed by atoms with Crippen molar-refractivity contribution in [1.82, 2.24) is 25.1 Å². The summed E-state index contributed by atoms with van der Waals surface area (Å²) in [5.41, 5.74) is 0.360. The first-order valence-electron chi connectivity index (χ1n) is 13.4. The molecule has 0 aliphatic carbocycles. The second-order valence-electron chi connectivity index (χ2n) is 10.5. The number of aryl methyl sites for hydroxylation is 1. The van der Waals surface area contributed by atoms with E-state index < -0.39 is 0 Å². The molecule has 2 N–H and O–H groups in total. The third-order valence-corrected chi connectivity index (χ3v) is 6.64. The third-order valence-electron chi connectivity index (χ3n) is 6.41. The number of rotatable bonds is 6. The molecule has 0 bridgehead atoms. The normalized spacial score (nSPS) is 17.8. The Bertz CT molecular complexity index is 1100. The minimum atomic E-state index is -0.282. The van der Waals surface area contributed by atoms with Crippen LogP contribution < -0.4 is 15.4 Å². The Labute approximate surface area is 230 Å². The highest BCUT2D eigenvalue weighted by Gasteiger charge is 2.22. The minimum absolute atomic E-state index is 0.0209. The lowest BCUT2D eigenvalue weighted by Gasteiger charge is -2.25. The Balaban J connectivity index is 1.74. The monoisotopic (exact) mass is 545 g/mol. The maximum atomic E-state index is 13.2. The van der Waals surface area contributed by atoms with Gasteiger partial charge in [-0.1, -0.05) is 39.3 Å². The predicted molar refractivity (Wildman–Crippen MR) is 147 cm³/mol. The highest BCUT2D eigenvalue weighted by Crippen LogP contribution is 2.24. The Hall–Kier alpha value is -3.07. The van der Waals surface area contributed by atoms with Gasteiger partial charge in [0.05, 0.1) is 18.2 Å². The molecule has 1 aromatic carbocycles. The van der Waals surface area contributed by atoms with Gasteiger partial charge in [-0.25, -0.2) is 4.98 Å². The van der Waals surface area contributed by atoms with E-state index in [1.54, 1.807) is 29.3 Å². The van der Waals surface area contributed by atoms with Crippen LogP contribution in [0.3, 0.4) is 0 Å². The largest absolute Gasteiger partial charge is 0.491 e. The van der Waals surface area contributed by atoms with Gasteiger partial charge in [0, 0.05) is 49.4 Å². The summed E-state index contributed by atoms with van der Waals surface area (Å²) in [6, 6.07) is 4.66. The van der Waals surface area contributed by atoms with Crippen LogP contribution in [0.2, 0.25) is 5.02 Å². The molecule has 1 aromatic heterocycles. The van der Waals surface area contributed by atoms with E-state index in [0.29, 0.717) is 61.2 Å². The molecule has 0 unspecified atom stereocenters. The van der Waals surface area contributed by atoms with Gasteiger partial charge in [-0.15, -0.1) is 0 Å². The lowest BCUT2D eigenvalue weighted by molar-refractivity contribution is -0.136. The molecule has 10 heteroatoms. The molecule has 38 heavy (non-hydrogen) atoms. The van der Waals surface area contributed by atoms with Gasteiger partial charge < -0.3 is 24.8 Å². The van der Waals surface area contributed by atoms with E-state index in [4.69, 9.17) is 16.3 Å². The molecule has 3 amide bonds. The van der Waals surface area contributed by atoms with Crippen molar-refractivity contribution >= 4 is 29.3 Å². The zero-order valence-electron chi connectivity index (χ0n) is 22.8. The molecule has 2 aromatic rings. The van der Waals surface area contributed by atoms with Gasteiger partial charge in [0.25, 0.3) is 5.91 Å². The molecule has 1 aliphatic rings. The van der Waals surface area contributed by atoms with Crippen molar-refractivity contribution in [2.24, 2.45) is 5.92 Å². The Morgan fingerprint density at radius 1 is 1.21 bits per heavy atom. The first-order valence-corrected chi connectivity index (χ1v) is 13.8. The summed E-state index contributed by atoms with van der Waals surface area (Å²) in [6.45, 7) is 9.81. The molecular formula is C28H40ClN5O4. The van der Waals surface area contributed by atoms with Crippen molar-refractivity contribution < 1.29 is 19.1 Å². The molecule has 1 atom stereocenters. The first-order chi connectivity index (χ1) is 18.1. The summed E-state index contributed by atoms with van der Waals surface area (Å²) in [6.07, 6.45) is 5.89. The number of hydrogen-bond acceptors (Lipinski definition) is 5. The van der Waals surface area contributed by atoms with Crippen molar-refractivity contribution in [3.8, 4) is 5.75 Å². The van der Waals surface area contributed by atoms with Crippen LogP contribution >= 0.6 is 11.6 Å². The molecule has 0 radical (unpaired) electrons. The van der Waals surface area contributed by atoms with Gasteiger partial charge in [-0.05, 0) is 43.4 Å². The number of ether oxygens (including phenoxy) is 1. The van der Waals surface area contributed by atoms with Crippen molar-refractivity contribution in [1.29, 1.82) is 0 Å². The van der Waals surface area contributed by atoms with Gasteiger partial charge in [0.15, 0.2) is 0 Å². The Morgan fingerprint density at radius 2 is 2.00 bits per heavy atom. The van der Waals surface area contributed by atoms with Crippen molar-refractivity contribution in [3.05, 3.63) is 47.0 Å². The van der Waals surface area contributed by atoms with Crippen molar-refractivity contribution in [3.63, 3.8) is 0 Å². The fraction of sp³-hybridized carbons (Fsp3) is 0.571. The first kappa shape index (κ1) is 29.5. The number of fused-ring (bicyclic) bond motifs is 1. The van der Waals surface area contributed by atoms with Crippen LogP contribution in [-0.4, -0.2) is 64.5 Å². The van der Waals surface area contributed by atoms with Gasteiger partial charge >= 0.3 is 0 Å². The maximum Gasteiger partial charge on any atom is 0.255 e. The number of carbonyl (C=O) groups excluding carboxylic acids is 3. The number of imidazole rings is 1. The van der Waals surface area contributed by atoms with E-state index in [2.05, 4.69) is 43.3 Å². The zero-order valence-corrected chi connectivity index (χ0v) is 23.6. The minimum Gasteiger partial charge on any atom is -0.491 e. The number of nitrogens with one attached hydrogen (secondary N) is 2. The van der Waals surface area contributed by atoms with Crippen LogP contribution in [0.4, 0.5) is 0 Å². The van der Waals surface area contributed by atoms with Crippen molar-refractivity contribution in [2.45, 2.75) is 71.9 Å². The Morgan fingerprint density at radius 3 is 2.74 bits per heavy atom. The van der Waals surface area contributed by atoms with E-state index in [0.717, 1.165) is 5.82 Å². The molecular weight excluding hydrogens is 506 g/mol. The van der Waals surface area contributed by atoms with E-state index in [1.807, 2.05) is 10.8 Å². The summed E-state index contributed by atoms with van der Waals surface area (Å²) >= 11 is 6.15. The number of aromatic nitrogens is 2. The summed E-state index contributed by atoms with van der Waals surface area (Å²) < 4.78 is 8.00. The van der Waals surface area contributed by atoms with Crippen LogP contribution in [0.1, 0.15) is 75.5 Å². The standard InChI is InChI=1S/C28H40ClN5O4/c1-19(2)15-22-18-38-24-8-7-21(29)16-23(24)28(37)31-10-5-6-12-34(17-25(35)32-22)26(36)9-13-33-14-11-30-27(33)20(3)4/h7-8,11,14,16,19-20,22H,5-6,9-10,12-13,15,17-18H2,1-4H3,(H,31,37)(H,32,35)/t22-/m1/s1. The van der Waals surface area contributed by atoms with Gasteiger partial charge in [0.2, 0.25) is 11.8 Å². The number of amides is 3. The second kappa shape index (κ2) is 14.2. The molecule has 3 rings (SSSR count). The van der Waals surface area contributed by atoms with Crippen molar-refractivity contribution in [2.75, 3.05) is 26.2 Å². The van der Waals surface area contributed by atoms with E-state index in [1.165, 1.54) is 0 Å². The van der Waals surface area contributed by atoms with Gasteiger partial charge in [-0.2, -0.15) is 0 Å². The van der Waals surface area contributed by atoms with Crippen LogP contribution in [0.15, 0.2) is 30.6 Å². The number of nitrogens with zero attached hydrogens (tertiary/aromatic N) is 3. The second-order valence-corrected chi connectivity index (χ2v) is 10.9. The Kier molecular flexibility index (Phi) is 11.0. The average molecular weight is 546 g/mol. The number of hydrogen-bond donors (Lipinski definition) is 2. The average Bonchev–Trinajstić information content (AvgIpc) is 3.33. The molecule has 1 aliphatic heterocycles. The van der Waals surface area contributed by atoms with Gasteiger partial charge in [-0.3, -0.25) is 14.4 Å². The van der Waals surface area contributed by atoms with Crippen LogP contribution in [0.5, 0.6) is 5.75 Å². The predicted octanol–water partition coefficient (Wildman–Crippen LogP) is 4.01. The molecule has 0 saturated heterocycles. The van der Waals surface area contributed by atoms with Crippen LogP contribution in [-0.2, 0) is 16.1 Å². The summed E-state index contributed by atoms with van der Waals surface area (Å²) in [5.74, 6) is 1.33. The smallest absolute Gasteiger partial charge is 0.255 e. The third kappa shape index (κ3) is 8.75. The number of benzene rings is 1. The highest BCUT2D eigenvalue weighted by molar-refractivity contribution is 6.31. The number of carbonyl (C=O) groups is 3.